The lowest BCUT2D eigenvalue weighted by atomic mass is 10.0. The molecular formula is C18H16Cl2FNO3. The first-order valence-electron chi connectivity index (χ1n) is 7.45. The van der Waals surface area contributed by atoms with E-state index < -0.39 is 23.7 Å². The summed E-state index contributed by atoms with van der Waals surface area (Å²) < 4.78 is 18.5. The van der Waals surface area contributed by atoms with E-state index >= 15 is 0 Å². The van der Waals surface area contributed by atoms with Gasteiger partial charge in [-0.25, -0.2) is 4.39 Å². The van der Waals surface area contributed by atoms with Crippen molar-refractivity contribution in [3.8, 4) is 0 Å². The molecule has 1 atom stereocenters. The molecule has 0 saturated heterocycles. The number of ether oxygens (including phenoxy) is 1. The smallest absolute Gasteiger partial charge is 0.307 e. The summed E-state index contributed by atoms with van der Waals surface area (Å²) in [5.41, 5.74) is 0.789. The van der Waals surface area contributed by atoms with Crippen molar-refractivity contribution in [1.82, 2.24) is 5.32 Å². The van der Waals surface area contributed by atoms with E-state index in [2.05, 4.69) is 10.1 Å². The number of hydrogen-bond donors (Lipinski definition) is 1. The number of halogens is 3. The quantitative estimate of drug-likeness (QED) is 0.764. The van der Waals surface area contributed by atoms with Crippen LogP contribution in [0.2, 0.25) is 10.0 Å². The lowest BCUT2D eigenvalue weighted by molar-refractivity contribution is -0.141. The third-order valence-corrected chi connectivity index (χ3v) is 4.21. The van der Waals surface area contributed by atoms with E-state index in [1.807, 2.05) is 0 Å². The largest absolute Gasteiger partial charge is 0.469 e. The molecule has 0 heterocycles. The SMILES string of the molecule is COC(=O)CC(NC(=O)Cc1c(F)cccc1Cl)c1ccc(Cl)cc1. The van der Waals surface area contributed by atoms with Crippen molar-refractivity contribution in [2.45, 2.75) is 18.9 Å². The van der Waals surface area contributed by atoms with Gasteiger partial charge in [-0.3, -0.25) is 9.59 Å². The lowest BCUT2D eigenvalue weighted by Gasteiger charge is -2.18. The minimum atomic E-state index is -0.622. The second-order valence-electron chi connectivity index (χ2n) is 5.33. The summed E-state index contributed by atoms with van der Waals surface area (Å²) in [7, 11) is 1.27. The van der Waals surface area contributed by atoms with Crippen LogP contribution in [-0.2, 0) is 20.7 Å². The van der Waals surface area contributed by atoms with Crippen LogP contribution in [-0.4, -0.2) is 19.0 Å². The molecule has 0 aliphatic heterocycles. The van der Waals surface area contributed by atoms with Gasteiger partial charge in [0.2, 0.25) is 5.91 Å². The first kappa shape index (κ1) is 19.2. The number of benzene rings is 2. The lowest BCUT2D eigenvalue weighted by Crippen LogP contribution is -2.32. The van der Waals surface area contributed by atoms with E-state index in [0.717, 1.165) is 0 Å². The van der Waals surface area contributed by atoms with Gasteiger partial charge < -0.3 is 10.1 Å². The Morgan fingerprint density at radius 3 is 2.44 bits per heavy atom. The Labute approximate surface area is 154 Å². The van der Waals surface area contributed by atoms with Gasteiger partial charge in [-0.2, -0.15) is 0 Å². The maximum atomic E-state index is 13.8. The highest BCUT2D eigenvalue weighted by molar-refractivity contribution is 6.31. The molecule has 0 aliphatic carbocycles. The van der Waals surface area contributed by atoms with Crippen LogP contribution >= 0.6 is 23.2 Å². The fourth-order valence-electron chi connectivity index (χ4n) is 2.30. The molecule has 0 fully saturated rings. The van der Waals surface area contributed by atoms with Crippen LogP contribution in [0.1, 0.15) is 23.6 Å². The maximum Gasteiger partial charge on any atom is 0.307 e. The normalized spacial score (nSPS) is 11.7. The van der Waals surface area contributed by atoms with Crippen molar-refractivity contribution < 1.29 is 18.7 Å². The second kappa shape index (κ2) is 8.83. The molecular weight excluding hydrogens is 368 g/mol. The highest BCUT2D eigenvalue weighted by atomic mass is 35.5. The van der Waals surface area contributed by atoms with Gasteiger partial charge in [-0.15, -0.1) is 0 Å². The number of rotatable bonds is 6. The Balaban J connectivity index is 2.16. The monoisotopic (exact) mass is 383 g/mol. The van der Waals surface area contributed by atoms with Crippen molar-refractivity contribution >= 4 is 35.1 Å². The summed E-state index contributed by atoms with van der Waals surface area (Å²) in [5.74, 6) is -1.50. The summed E-state index contributed by atoms with van der Waals surface area (Å²) >= 11 is 11.8. The second-order valence-corrected chi connectivity index (χ2v) is 6.17. The molecule has 0 aliphatic rings. The van der Waals surface area contributed by atoms with Crippen LogP contribution < -0.4 is 5.32 Å². The number of methoxy groups -OCH3 is 1. The molecule has 2 aromatic carbocycles. The number of amides is 1. The van der Waals surface area contributed by atoms with E-state index in [1.54, 1.807) is 24.3 Å². The zero-order chi connectivity index (χ0) is 18.4. The van der Waals surface area contributed by atoms with Crippen molar-refractivity contribution in [2.75, 3.05) is 7.11 Å². The van der Waals surface area contributed by atoms with Crippen molar-refractivity contribution in [3.05, 3.63) is 69.5 Å². The van der Waals surface area contributed by atoms with Crippen LogP contribution in [0, 0.1) is 5.82 Å². The Hall–Kier alpha value is -2.11. The number of esters is 1. The van der Waals surface area contributed by atoms with Gasteiger partial charge in [0.15, 0.2) is 0 Å². The fraction of sp³-hybridized carbons (Fsp3) is 0.222. The van der Waals surface area contributed by atoms with E-state index in [-0.39, 0.29) is 23.4 Å². The van der Waals surface area contributed by atoms with Crippen molar-refractivity contribution in [2.24, 2.45) is 0 Å². The van der Waals surface area contributed by atoms with Gasteiger partial charge in [-0.05, 0) is 29.8 Å². The number of nitrogens with one attached hydrogen (secondary N) is 1. The van der Waals surface area contributed by atoms with Crippen molar-refractivity contribution in [1.29, 1.82) is 0 Å². The van der Waals surface area contributed by atoms with E-state index in [9.17, 15) is 14.0 Å². The molecule has 1 N–H and O–H groups in total. The minimum Gasteiger partial charge on any atom is -0.469 e. The summed E-state index contributed by atoms with van der Waals surface area (Å²) in [5, 5.41) is 3.42. The average Bonchev–Trinajstić information content (AvgIpc) is 2.58. The van der Waals surface area contributed by atoms with Crippen LogP contribution in [0.15, 0.2) is 42.5 Å². The zero-order valence-electron chi connectivity index (χ0n) is 13.4. The Kier molecular flexibility index (Phi) is 6.79. The highest BCUT2D eigenvalue weighted by Crippen LogP contribution is 2.22. The molecule has 4 nitrogen and oxygen atoms in total. The van der Waals surface area contributed by atoms with Gasteiger partial charge in [0.05, 0.1) is 26.0 Å². The topological polar surface area (TPSA) is 55.4 Å². The van der Waals surface area contributed by atoms with E-state index in [1.165, 1.54) is 25.3 Å². The van der Waals surface area contributed by atoms with Crippen molar-refractivity contribution in [3.63, 3.8) is 0 Å². The van der Waals surface area contributed by atoms with E-state index in [0.29, 0.717) is 10.6 Å². The van der Waals surface area contributed by atoms with Crippen LogP contribution in [0.25, 0.3) is 0 Å². The molecule has 0 saturated carbocycles. The zero-order valence-corrected chi connectivity index (χ0v) is 14.9. The predicted octanol–water partition coefficient (Wildman–Crippen LogP) is 4.10. The molecule has 0 bridgehead atoms. The number of hydrogen-bond acceptors (Lipinski definition) is 3. The first-order chi connectivity index (χ1) is 11.9. The Bertz CT molecular complexity index is 745. The van der Waals surface area contributed by atoms with Crippen LogP contribution in [0.5, 0.6) is 0 Å². The molecule has 7 heteroatoms. The number of carbonyl (C=O) groups excluding carboxylic acids is 2. The van der Waals surface area contributed by atoms with Gasteiger partial charge in [-0.1, -0.05) is 41.4 Å². The molecule has 25 heavy (non-hydrogen) atoms. The molecule has 0 aromatic heterocycles. The molecule has 2 aromatic rings. The molecule has 0 radical (unpaired) electrons. The predicted molar refractivity (Wildman–Crippen MR) is 94.1 cm³/mol. The standard InChI is InChI=1S/C18H16Cl2FNO3/c1-25-18(24)10-16(11-5-7-12(19)8-6-11)22-17(23)9-13-14(20)3-2-4-15(13)21/h2-8,16H,9-10H2,1H3,(H,22,23). The van der Waals surface area contributed by atoms with Gasteiger partial charge >= 0.3 is 5.97 Å². The van der Waals surface area contributed by atoms with E-state index in [4.69, 9.17) is 23.2 Å². The molecule has 2 rings (SSSR count). The average molecular weight is 384 g/mol. The third kappa shape index (κ3) is 5.44. The first-order valence-corrected chi connectivity index (χ1v) is 8.21. The van der Waals surface area contributed by atoms with Gasteiger partial charge in [0.1, 0.15) is 5.82 Å². The van der Waals surface area contributed by atoms with Gasteiger partial charge in [0, 0.05) is 15.6 Å². The minimum absolute atomic E-state index is 0.0606. The van der Waals surface area contributed by atoms with Crippen LogP contribution in [0.3, 0.4) is 0 Å². The summed E-state index contributed by atoms with van der Waals surface area (Å²) in [4.78, 5) is 24.0. The maximum absolute atomic E-state index is 13.8. The van der Waals surface area contributed by atoms with Crippen LogP contribution in [0.4, 0.5) is 4.39 Å². The third-order valence-electron chi connectivity index (χ3n) is 3.61. The fourth-order valence-corrected chi connectivity index (χ4v) is 2.66. The summed E-state index contributed by atoms with van der Waals surface area (Å²) in [6, 6.07) is 10.3. The molecule has 0 spiro atoms. The molecule has 1 unspecified atom stereocenters. The Morgan fingerprint density at radius 1 is 1.16 bits per heavy atom. The summed E-state index contributed by atoms with van der Waals surface area (Å²) in [6.45, 7) is 0. The van der Waals surface area contributed by atoms with Gasteiger partial charge in [0.25, 0.3) is 0 Å². The molecule has 132 valence electrons. The number of carbonyl (C=O) groups is 2. The molecule has 1 amide bonds. The Morgan fingerprint density at radius 2 is 1.84 bits per heavy atom. The summed E-state index contributed by atoms with van der Waals surface area (Å²) in [6.07, 6.45) is -0.300. The highest BCUT2D eigenvalue weighted by Gasteiger charge is 2.20.